The van der Waals surface area contributed by atoms with Crippen molar-refractivity contribution < 1.29 is 17.6 Å². The van der Waals surface area contributed by atoms with Gasteiger partial charge in [-0.25, -0.2) is 13.4 Å². The van der Waals surface area contributed by atoms with E-state index in [4.69, 9.17) is 4.42 Å². The van der Waals surface area contributed by atoms with Gasteiger partial charge in [-0.2, -0.15) is 0 Å². The first-order valence-electron chi connectivity index (χ1n) is 9.80. The SMILES string of the molecule is Cc1ccc(NC(=O)Cc2nc(CSc3nnc(C[C@H]4CCS(=O)(=O)C4)o3)cs2)cc1. The molecule has 164 valence electrons. The van der Waals surface area contributed by atoms with Gasteiger partial charge in [-0.1, -0.05) is 29.5 Å². The first-order chi connectivity index (χ1) is 14.8. The molecule has 1 amide bonds. The first-order valence-corrected chi connectivity index (χ1v) is 13.5. The van der Waals surface area contributed by atoms with E-state index in [1.54, 1.807) is 0 Å². The van der Waals surface area contributed by atoms with Gasteiger partial charge in [-0.15, -0.1) is 21.5 Å². The van der Waals surface area contributed by atoms with Crippen molar-refractivity contribution in [2.45, 2.75) is 37.2 Å². The maximum Gasteiger partial charge on any atom is 0.276 e. The summed E-state index contributed by atoms with van der Waals surface area (Å²) in [5, 5.41) is 14.0. The average Bonchev–Trinajstić information content (AvgIpc) is 3.43. The number of thioether (sulfide) groups is 1. The number of amides is 1. The zero-order chi connectivity index (χ0) is 21.8. The molecular weight excluding hydrogens is 456 g/mol. The number of carbonyl (C=O) groups excluding carboxylic acids is 1. The fourth-order valence-corrected chi connectivity index (χ4v) is 6.70. The number of nitrogens with one attached hydrogen (secondary N) is 1. The summed E-state index contributed by atoms with van der Waals surface area (Å²) in [6.45, 7) is 2.00. The molecule has 11 heteroatoms. The molecule has 0 radical (unpaired) electrons. The standard InChI is InChI=1S/C20H22N4O4S3/c1-13-2-4-15(5-3-13)21-17(25)9-19-22-16(10-29-19)11-30-20-24-23-18(28-20)8-14-6-7-31(26,27)12-14/h2-5,10,14H,6-9,11-12H2,1H3,(H,21,25)/t14-/m1/s1. The van der Waals surface area contributed by atoms with Crippen LogP contribution >= 0.6 is 23.1 Å². The summed E-state index contributed by atoms with van der Waals surface area (Å²) in [6.07, 6.45) is 1.36. The monoisotopic (exact) mass is 478 g/mol. The molecule has 1 fully saturated rings. The summed E-state index contributed by atoms with van der Waals surface area (Å²) >= 11 is 2.82. The van der Waals surface area contributed by atoms with Crippen LogP contribution in [0.1, 0.15) is 28.6 Å². The third-order valence-electron chi connectivity index (χ3n) is 4.83. The number of rotatable bonds is 8. The van der Waals surface area contributed by atoms with Crippen molar-refractivity contribution in [1.29, 1.82) is 0 Å². The van der Waals surface area contributed by atoms with Crippen LogP contribution in [0.5, 0.6) is 0 Å². The Balaban J connectivity index is 1.24. The highest BCUT2D eigenvalue weighted by atomic mass is 32.2. The topological polar surface area (TPSA) is 115 Å². The van der Waals surface area contributed by atoms with Gasteiger partial charge in [0.1, 0.15) is 5.01 Å². The van der Waals surface area contributed by atoms with Gasteiger partial charge in [-0.05, 0) is 31.4 Å². The Kier molecular flexibility index (Phi) is 6.73. The number of nitrogens with zero attached hydrogens (tertiary/aromatic N) is 3. The summed E-state index contributed by atoms with van der Waals surface area (Å²) in [6, 6.07) is 7.66. The lowest BCUT2D eigenvalue weighted by atomic mass is 10.1. The molecular formula is C20H22N4O4S3. The van der Waals surface area contributed by atoms with Crippen molar-refractivity contribution in [3.05, 3.63) is 51.8 Å². The second kappa shape index (κ2) is 9.49. The lowest BCUT2D eigenvalue weighted by molar-refractivity contribution is -0.115. The quantitative estimate of drug-likeness (QED) is 0.491. The minimum Gasteiger partial charge on any atom is -0.416 e. The van der Waals surface area contributed by atoms with E-state index < -0.39 is 9.84 Å². The number of hydrogen-bond acceptors (Lipinski definition) is 9. The van der Waals surface area contributed by atoms with E-state index in [1.165, 1.54) is 23.1 Å². The van der Waals surface area contributed by atoms with E-state index in [9.17, 15) is 13.2 Å². The molecule has 0 saturated carbocycles. The Morgan fingerprint density at radius 1 is 1.29 bits per heavy atom. The normalized spacial score (nSPS) is 17.6. The van der Waals surface area contributed by atoms with Gasteiger partial charge in [-0.3, -0.25) is 4.79 Å². The molecule has 31 heavy (non-hydrogen) atoms. The number of thiazole rings is 1. The smallest absolute Gasteiger partial charge is 0.276 e. The number of hydrogen-bond donors (Lipinski definition) is 1. The van der Waals surface area contributed by atoms with Crippen LogP contribution in [-0.4, -0.2) is 41.0 Å². The molecule has 2 aromatic heterocycles. The van der Waals surface area contributed by atoms with Crippen LogP contribution in [0.3, 0.4) is 0 Å². The molecule has 0 unspecified atom stereocenters. The third kappa shape index (κ3) is 6.37. The maximum absolute atomic E-state index is 12.2. The average molecular weight is 479 g/mol. The van der Waals surface area contributed by atoms with E-state index in [1.807, 2.05) is 36.6 Å². The molecule has 1 aliphatic rings. The zero-order valence-corrected chi connectivity index (χ0v) is 19.4. The van der Waals surface area contributed by atoms with Crippen LogP contribution < -0.4 is 5.32 Å². The number of benzene rings is 1. The number of sulfone groups is 1. The molecule has 0 bridgehead atoms. The van der Waals surface area contributed by atoms with Crippen LogP contribution in [0.15, 0.2) is 39.3 Å². The largest absolute Gasteiger partial charge is 0.416 e. The Hall–Kier alpha value is -2.24. The zero-order valence-electron chi connectivity index (χ0n) is 16.9. The van der Waals surface area contributed by atoms with Gasteiger partial charge in [0.25, 0.3) is 5.22 Å². The number of carbonyl (C=O) groups is 1. The minimum atomic E-state index is -2.91. The fourth-order valence-electron chi connectivity index (χ4n) is 3.27. The van der Waals surface area contributed by atoms with E-state index in [2.05, 4.69) is 20.5 Å². The second-order valence-corrected chi connectivity index (χ2v) is 11.6. The molecule has 0 aliphatic carbocycles. The van der Waals surface area contributed by atoms with E-state index in [0.29, 0.717) is 29.7 Å². The highest BCUT2D eigenvalue weighted by Gasteiger charge is 2.29. The van der Waals surface area contributed by atoms with Gasteiger partial charge in [0.2, 0.25) is 11.8 Å². The lowest BCUT2D eigenvalue weighted by Gasteiger charge is -2.04. The highest BCUT2D eigenvalue weighted by Crippen LogP contribution is 2.26. The minimum absolute atomic E-state index is 0.0513. The van der Waals surface area contributed by atoms with Gasteiger partial charge in [0.05, 0.1) is 23.6 Å². The summed E-state index contributed by atoms with van der Waals surface area (Å²) in [5.41, 5.74) is 2.75. The van der Waals surface area contributed by atoms with Crippen LogP contribution in [0.4, 0.5) is 5.69 Å². The fraction of sp³-hybridized carbons (Fsp3) is 0.400. The van der Waals surface area contributed by atoms with Crippen molar-refractivity contribution >= 4 is 44.5 Å². The molecule has 1 aromatic carbocycles. The van der Waals surface area contributed by atoms with Crippen molar-refractivity contribution in [2.24, 2.45) is 5.92 Å². The van der Waals surface area contributed by atoms with E-state index >= 15 is 0 Å². The van der Waals surface area contributed by atoms with Crippen LogP contribution in [-0.2, 0) is 33.2 Å². The van der Waals surface area contributed by atoms with E-state index in [-0.39, 0.29) is 29.8 Å². The van der Waals surface area contributed by atoms with Gasteiger partial charge in [0, 0.05) is 23.2 Å². The van der Waals surface area contributed by atoms with Crippen molar-refractivity contribution in [3.63, 3.8) is 0 Å². The molecule has 1 saturated heterocycles. The van der Waals surface area contributed by atoms with Crippen molar-refractivity contribution in [2.75, 3.05) is 16.8 Å². The first kappa shape index (κ1) is 22.0. The molecule has 1 N–H and O–H groups in total. The van der Waals surface area contributed by atoms with Gasteiger partial charge < -0.3 is 9.73 Å². The summed E-state index contributed by atoms with van der Waals surface area (Å²) in [4.78, 5) is 16.7. The molecule has 3 aromatic rings. The lowest BCUT2D eigenvalue weighted by Crippen LogP contribution is -2.14. The van der Waals surface area contributed by atoms with Crippen LogP contribution in [0, 0.1) is 12.8 Å². The predicted molar refractivity (Wildman–Crippen MR) is 120 cm³/mol. The molecule has 3 heterocycles. The Bertz CT molecular complexity index is 1160. The van der Waals surface area contributed by atoms with Gasteiger partial charge in [0.15, 0.2) is 9.84 Å². The Labute approximate surface area is 188 Å². The number of aryl methyl sites for hydroxylation is 1. The van der Waals surface area contributed by atoms with Crippen molar-refractivity contribution in [3.8, 4) is 0 Å². The van der Waals surface area contributed by atoms with Gasteiger partial charge >= 0.3 is 0 Å². The molecule has 8 nitrogen and oxygen atoms in total. The summed E-state index contributed by atoms with van der Waals surface area (Å²) in [7, 11) is -2.91. The predicted octanol–water partition coefficient (Wildman–Crippen LogP) is 3.29. The Morgan fingerprint density at radius 2 is 2.10 bits per heavy atom. The summed E-state index contributed by atoms with van der Waals surface area (Å²) < 4.78 is 28.8. The third-order valence-corrected chi connectivity index (χ3v) is 8.41. The van der Waals surface area contributed by atoms with E-state index in [0.717, 1.165) is 22.0 Å². The maximum atomic E-state index is 12.2. The number of anilines is 1. The second-order valence-electron chi connectivity index (χ2n) is 7.55. The molecule has 1 aliphatic heterocycles. The van der Waals surface area contributed by atoms with Crippen LogP contribution in [0.2, 0.25) is 0 Å². The molecule has 4 rings (SSSR count). The number of aromatic nitrogens is 3. The summed E-state index contributed by atoms with van der Waals surface area (Å²) in [5.74, 6) is 1.40. The molecule has 0 spiro atoms. The molecule has 1 atom stereocenters. The van der Waals surface area contributed by atoms with Crippen LogP contribution in [0.25, 0.3) is 0 Å². The Morgan fingerprint density at radius 3 is 2.84 bits per heavy atom. The highest BCUT2D eigenvalue weighted by molar-refractivity contribution is 7.98. The van der Waals surface area contributed by atoms with Crippen molar-refractivity contribution in [1.82, 2.24) is 15.2 Å².